The number of rotatable bonds is 3. The van der Waals surface area contributed by atoms with E-state index in [0.29, 0.717) is 5.92 Å². The van der Waals surface area contributed by atoms with Gasteiger partial charge < -0.3 is 15.6 Å². The predicted octanol–water partition coefficient (Wildman–Crippen LogP) is 0.931. The van der Waals surface area contributed by atoms with E-state index in [2.05, 4.69) is 31.5 Å². The molecule has 0 radical (unpaired) electrons. The Morgan fingerprint density at radius 2 is 2.29 bits per heavy atom. The van der Waals surface area contributed by atoms with Gasteiger partial charge in [0.25, 0.3) is 5.56 Å². The number of H-pyrrole nitrogens is 1. The summed E-state index contributed by atoms with van der Waals surface area (Å²) in [5.74, 6) is 0.163. The molecule has 1 aliphatic heterocycles. The minimum atomic E-state index is -0.291. The number of nitrogens with one attached hydrogen (secondary N) is 3. The predicted molar refractivity (Wildman–Crippen MR) is 68.9 cm³/mol. The summed E-state index contributed by atoms with van der Waals surface area (Å²) < 4.78 is 0.727. The van der Waals surface area contributed by atoms with Crippen LogP contribution < -0.4 is 16.2 Å². The number of aromatic nitrogens is 1. The highest BCUT2D eigenvalue weighted by atomic mass is 79.9. The fraction of sp³-hybridized carbons (Fsp3) is 0.455. The molecular formula is C11H14BrN3O2. The van der Waals surface area contributed by atoms with Crippen LogP contribution in [0.4, 0.5) is 5.69 Å². The van der Waals surface area contributed by atoms with Crippen LogP contribution in [-0.2, 0) is 4.79 Å². The van der Waals surface area contributed by atoms with Gasteiger partial charge in [-0.2, -0.15) is 0 Å². The van der Waals surface area contributed by atoms with Gasteiger partial charge in [0.15, 0.2) is 0 Å². The van der Waals surface area contributed by atoms with E-state index in [1.807, 2.05) is 6.92 Å². The molecule has 6 heteroatoms. The summed E-state index contributed by atoms with van der Waals surface area (Å²) in [6.45, 7) is 3.61. The van der Waals surface area contributed by atoms with E-state index < -0.39 is 0 Å². The molecule has 1 fully saturated rings. The van der Waals surface area contributed by atoms with E-state index in [1.54, 1.807) is 6.07 Å². The van der Waals surface area contributed by atoms with Crippen LogP contribution in [-0.4, -0.2) is 24.0 Å². The lowest BCUT2D eigenvalue weighted by Gasteiger charge is -2.31. The SMILES string of the molecule is CC(C(=O)Nc1cc(Br)c[nH]c1=O)C1CNC1. The van der Waals surface area contributed by atoms with E-state index >= 15 is 0 Å². The molecule has 1 saturated heterocycles. The van der Waals surface area contributed by atoms with Gasteiger partial charge in [-0.3, -0.25) is 9.59 Å². The largest absolute Gasteiger partial charge is 0.326 e. The molecule has 0 saturated carbocycles. The maximum atomic E-state index is 11.9. The third-order valence-electron chi connectivity index (χ3n) is 3.06. The first kappa shape index (κ1) is 12.3. The number of hydrogen-bond acceptors (Lipinski definition) is 3. The zero-order valence-electron chi connectivity index (χ0n) is 9.42. The number of anilines is 1. The van der Waals surface area contributed by atoms with Crippen molar-refractivity contribution < 1.29 is 4.79 Å². The zero-order valence-corrected chi connectivity index (χ0v) is 11.0. The molecule has 17 heavy (non-hydrogen) atoms. The van der Waals surface area contributed by atoms with Crippen LogP contribution in [0.5, 0.6) is 0 Å². The van der Waals surface area contributed by atoms with Gasteiger partial charge in [-0.1, -0.05) is 6.92 Å². The molecule has 1 unspecified atom stereocenters. The number of carbonyl (C=O) groups is 1. The quantitative estimate of drug-likeness (QED) is 0.777. The van der Waals surface area contributed by atoms with Crippen molar-refractivity contribution >= 4 is 27.5 Å². The Kier molecular flexibility index (Phi) is 3.63. The second kappa shape index (κ2) is 5.01. The summed E-state index contributed by atoms with van der Waals surface area (Å²) in [5.41, 5.74) is -0.0102. The molecule has 1 amide bonds. The molecule has 1 aromatic heterocycles. The lowest BCUT2D eigenvalue weighted by molar-refractivity contribution is -0.121. The topological polar surface area (TPSA) is 74.0 Å². The van der Waals surface area contributed by atoms with Crippen molar-refractivity contribution in [1.29, 1.82) is 0 Å². The highest BCUT2D eigenvalue weighted by molar-refractivity contribution is 9.10. The number of pyridine rings is 1. The molecule has 3 N–H and O–H groups in total. The van der Waals surface area contributed by atoms with Gasteiger partial charge >= 0.3 is 0 Å². The van der Waals surface area contributed by atoms with Crippen LogP contribution in [0, 0.1) is 11.8 Å². The van der Waals surface area contributed by atoms with Crippen LogP contribution in [0.1, 0.15) is 6.92 Å². The second-order valence-corrected chi connectivity index (χ2v) is 5.17. The Morgan fingerprint density at radius 1 is 1.59 bits per heavy atom. The van der Waals surface area contributed by atoms with Gasteiger partial charge in [0, 0.05) is 16.6 Å². The molecule has 0 aliphatic carbocycles. The Morgan fingerprint density at radius 3 is 2.88 bits per heavy atom. The average molecular weight is 300 g/mol. The Labute approximate surface area is 107 Å². The number of hydrogen-bond donors (Lipinski definition) is 3. The van der Waals surface area contributed by atoms with Crippen LogP contribution in [0.25, 0.3) is 0 Å². The molecule has 5 nitrogen and oxygen atoms in total. The van der Waals surface area contributed by atoms with Crippen molar-refractivity contribution in [2.45, 2.75) is 6.92 Å². The van der Waals surface area contributed by atoms with Gasteiger partial charge in [0.1, 0.15) is 5.69 Å². The normalized spacial score (nSPS) is 17.3. The van der Waals surface area contributed by atoms with Crippen molar-refractivity contribution in [2.75, 3.05) is 18.4 Å². The molecule has 0 aromatic carbocycles. The molecule has 2 rings (SSSR count). The Hall–Kier alpha value is -1.14. The molecule has 0 bridgehead atoms. The van der Waals surface area contributed by atoms with Crippen molar-refractivity contribution in [3.05, 3.63) is 27.1 Å². The lowest BCUT2D eigenvalue weighted by atomic mass is 9.88. The maximum Gasteiger partial charge on any atom is 0.271 e. The number of amides is 1. The minimum absolute atomic E-state index is 0.0883. The van der Waals surface area contributed by atoms with Crippen LogP contribution in [0.15, 0.2) is 21.5 Å². The molecule has 92 valence electrons. The maximum absolute atomic E-state index is 11.9. The molecule has 1 aromatic rings. The fourth-order valence-electron chi connectivity index (χ4n) is 1.68. The van der Waals surface area contributed by atoms with E-state index in [4.69, 9.17) is 0 Å². The monoisotopic (exact) mass is 299 g/mol. The van der Waals surface area contributed by atoms with E-state index in [-0.39, 0.29) is 23.1 Å². The molecule has 2 heterocycles. The van der Waals surface area contributed by atoms with Gasteiger partial charge in [-0.05, 0) is 41.0 Å². The summed E-state index contributed by atoms with van der Waals surface area (Å²) in [6.07, 6.45) is 1.54. The number of carbonyl (C=O) groups excluding carboxylic acids is 1. The second-order valence-electron chi connectivity index (χ2n) is 4.26. The summed E-state index contributed by atoms with van der Waals surface area (Å²) in [7, 11) is 0. The van der Waals surface area contributed by atoms with Crippen LogP contribution >= 0.6 is 15.9 Å². The van der Waals surface area contributed by atoms with Crippen LogP contribution in [0.2, 0.25) is 0 Å². The molecular weight excluding hydrogens is 286 g/mol. The van der Waals surface area contributed by atoms with Crippen molar-refractivity contribution in [1.82, 2.24) is 10.3 Å². The van der Waals surface area contributed by atoms with E-state index in [1.165, 1.54) is 6.20 Å². The first-order chi connectivity index (χ1) is 8.08. The number of halogens is 1. The third kappa shape index (κ3) is 2.76. The smallest absolute Gasteiger partial charge is 0.271 e. The first-order valence-corrected chi connectivity index (χ1v) is 6.27. The summed E-state index contributed by atoms with van der Waals surface area (Å²) in [4.78, 5) is 25.9. The molecule has 1 aliphatic rings. The number of aromatic amines is 1. The highest BCUT2D eigenvalue weighted by Crippen LogP contribution is 2.18. The first-order valence-electron chi connectivity index (χ1n) is 5.47. The standard InChI is InChI=1S/C11H14BrN3O2/c1-6(7-3-13-4-7)10(16)15-9-2-8(12)5-14-11(9)17/h2,5-7,13H,3-4H2,1H3,(H,14,17)(H,15,16). The van der Waals surface area contributed by atoms with E-state index in [9.17, 15) is 9.59 Å². The minimum Gasteiger partial charge on any atom is -0.326 e. The lowest BCUT2D eigenvalue weighted by Crippen LogP contribution is -2.48. The van der Waals surface area contributed by atoms with Gasteiger partial charge in [-0.15, -0.1) is 0 Å². The average Bonchev–Trinajstić information content (AvgIpc) is 2.21. The van der Waals surface area contributed by atoms with E-state index in [0.717, 1.165) is 17.6 Å². The summed E-state index contributed by atoms with van der Waals surface area (Å²) >= 11 is 3.25. The summed E-state index contributed by atoms with van der Waals surface area (Å²) in [6, 6.07) is 1.60. The van der Waals surface area contributed by atoms with Crippen molar-refractivity contribution in [2.24, 2.45) is 11.8 Å². The van der Waals surface area contributed by atoms with Gasteiger partial charge in [-0.25, -0.2) is 0 Å². The highest BCUT2D eigenvalue weighted by Gasteiger charge is 2.28. The molecule has 1 atom stereocenters. The van der Waals surface area contributed by atoms with Gasteiger partial charge in [0.05, 0.1) is 0 Å². The molecule has 0 spiro atoms. The Bertz CT molecular complexity index is 482. The van der Waals surface area contributed by atoms with Crippen molar-refractivity contribution in [3.8, 4) is 0 Å². The van der Waals surface area contributed by atoms with Crippen LogP contribution in [0.3, 0.4) is 0 Å². The Balaban J connectivity index is 2.06. The summed E-state index contributed by atoms with van der Waals surface area (Å²) in [5, 5.41) is 5.79. The van der Waals surface area contributed by atoms with Crippen molar-refractivity contribution in [3.63, 3.8) is 0 Å². The zero-order chi connectivity index (χ0) is 12.4. The fourth-order valence-corrected chi connectivity index (χ4v) is 2.02. The third-order valence-corrected chi connectivity index (χ3v) is 3.52. The van der Waals surface area contributed by atoms with Gasteiger partial charge in [0.2, 0.25) is 5.91 Å².